The molecule has 1 saturated heterocycles. The Morgan fingerprint density at radius 1 is 0.946 bits per heavy atom. The van der Waals surface area contributed by atoms with Crippen LogP contribution < -0.4 is 5.32 Å². The molecule has 0 unspecified atom stereocenters. The summed E-state index contributed by atoms with van der Waals surface area (Å²) < 4.78 is 4.99. The SMILES string of the molecule is CCOC(=O)c1ccc(NC(=O)C[C@H]2C(=O)N(Cc3ccccc3)C(=S)N2Cc2ccc(Cl)cc2)cc1. The number of thiocarbonyl (C=S) groups is 1. The van der Waals surface area contributed by atoms with E-state index in [0.29, 0.717) is 34.5 Å². The van der Waals surface area contributed by atoms with Crippen molar-refractivity contribution in [3.8, 4) is 0 Å². The van der Waals surface area contributed by atoms with E-state index in [1.807, 2.05) is 42.5 Å². The number of benzene rings is 3. The summed E-state index contributed by atoms with van der Waals surface area (Å²) in [4.78, 5) is 41.7. The van der Waals surface area contributed by atoms with E-state index in [9.17, 15) is 14.4 Å². The van der Waals surface area contributed by atoms with Crippen molar-refractivity contribution in [2.24, 2.45) is 0 Å². The number of amides is 2. The zero-order valence-corrected chi connectivity index (χ0v) is 21.8. The third-order valence-corrected chi connectivity index (χ3v) is 6.62. The van der Waals surface area contributed by atoms with Crippen molar-refractivity contribution in [1.82, 2.24) is 9.80 Å². The number of anilines is 1. The van der Waals surface area contributed by atoms with Crippen molar-refractivity contribution in [2.75, 3.05) is 11.9 Å². The molecule has 1 N–H and O–H groups in total. The fourth-order valence-electron chi connectivity index (χ4n) is 4.06. The molecule has 4 rings (SSSR count). The van der Waals surface area contributed by atoms with Gasteiger partial charge in [0.15, 0.2) is 5.11 Å². The van der Waals surface area contributed by atoms with Crippen LogP contribution in [-0.2, 0) is 27.4 Å². The molecule has 9 heteroatoms. The summed E-state index contributed by atoms with van der Waals surface area (Å²) in [5.41, 5.74) is 2.76. The Kier molecular flexibility index (Phi) is 8.53. The highest BCUT2D eigenvalue weighted by Gasteiger charge is 2.43. The lowest BCUT2D eigenvalue weighted by Crippen LogP contribution is -2.37. The minimum Gasteiger partial charge on any atom is -0.462 e. The number of ether oxygens (including phenoxy) is 1. The second kappa shape index (κ2) is 12.0. The van der Waals surface area contributed by atoms with Crippen molar-refractivity contribution < 1.29 is 19.1 Å². The van der Waals surface area contributed by atoms with Crippen LogP contribution in [0.4, 0.5) is 5.69 Å². The molecule has 0 aliphatic carbocycles. The third-order valence-electron chi connectivity index (χ3n) is 5.91. The van der Waals surface area contributed by atoms with Crippen LogP contribution in [0.15, 0.2) is 78.9 Å². The Morgan fingerprint density at radius 2 is 1.59 bits per heavy atom. The van der Waals surface area contributed by atoms with Crippen LogP contribution >= 0.6 is 23.8 Å². The summed E-state index contributed by atoms with van der Waals surface area (Å²) in [6.45, 7) is 2.70. The average Bonchev–Trinajstić information content (AvgIpc) is 3.10. The van der Waals surface area contributed by atoms with Crippen molar-refractivity contribution in [3.63, 3.8) is 0 Å². The molecular weight excluding hydrogens is 510 g/mol. The van der Waals surface area contributed by atoms with E-state index in [1.54, 1.807) is 53.1 Å². The lowest BCUT2D eigenvalue weighted by Gasteiger charge is -2.24. The molecule has 190 valence electrons. The van der Waals surface area contributed by atoms with Gasteiger partial charge in [-0.05, 0) is 66.7 Å². The molecule has 0 aromatic heterocycles. The van der Waals surface area contributed by atoms with Gasteiger partial charge in [-0.2, -0.15) is 0 Å². The largest absolute Gasteiger partial charge is 0.462 e. The van der Waals surface area contributed by atoms with Gasteiger partial charge in [0.2, 0.25) is 5.91 Å². The Hall–Kier alpha value is -3.75. The van der Waals surface area contributed by atoms with E-state index in [0.717, 1.165) is 11.1 Å². The Bertz CT molecular complexity index is 1280. The lowest BCUT2D eigenvalue weighted by molar-refractivity contribution is -0.131. The molecule has 1 aliphatic heterocycles. The second-order valence-electron chi connectivity index (χ2n) is 8.51. The van der Waals surface area contributed by atoms with Crippen LogP contribution in [0.1, 0.15) is 34.8 Å². The highest BCUT2D eigenvalue weighted by molar-refractivity contribution is 7.80. The van der Waals surface area contributed by atoms with Crippen molar-refractivity contribution in [1.29, 1.82) is 0 Å². The molecule has 3 aromatic carbocycles. The molecule has 7 nitrogen and oxygen atoms in total. The molecule has 1 fully saturated rings. The zero-order chi connectivity index (χ0) is 26.4. The molecule has 0 bridgehead atoms. The predicted octanol–water partition coefficient (Wildman–Crippen LogP) is 5.04. The topological polar surface area (TPSA) is 78.9 Å². The highest BCUT2D eigenvalue weighted by Crippen LogP contribution is 2.26. The van der Waals surface area contributed by atoms with E-state index in [1.165, 1.54) is 0 Å². The van der Waals surface area contributed by atoms with Gasteiger partial charge in [0.1, 0.15) is 6.04 Å². The first-order chi connectivity index (χ1) is 17.9. The Labute approximate surface area is 226 Å². The van der Waals surface area contributed by atoms with Gasteiger partial charge in [-0.15, -0.1) is 0 Å². The maximum Gasteiger partial charge on any atom is 0.338 e. The van der Waals surface area contributed by atoms with Crippen molar-refractivity contribution in [2.45, 2.75) is 32.5 Å². The molecule has 2 amide bonds. The van der Waals surface area contributed by atoms with Crippen molar-refractivity contribution in [3.05, 3.63) is 101 Å². The standard InChI is InChI=1S/C28H26ClN3O4S/c1-2-36-27(35)21-10-14-23(15-11-21)30-25(33)16-24-26(34)32(18-19-6-4-3-5-7-19)28(37)31(24)17-20-8-12-22(29)13-9-20/h3-15,24H,2,16-18H2,1H3,(H,30,33)/t24-/m0/s1. The number of nitrogens with zero attached hydrogens (tertiary/aromatic N) is 2. The number of halogens is 1. The summed E-state index contributed by atoms with van der Waals surface area (Å²) >= 11 is 11.7. The van der Waals surface area contributed by atoms with E-state index in [2.05, 4.69) is 5.32 Å². The van der Waals surface area contributed by atoms with E-state index < -0.39 is 12.0 Å². The van der Waals surface area contributed by atoms with E-state index in [-0.39, 0.29) is 24.8 Å². The summed E-state index contributed by atoms with van der Waals surface area (Å²) in [7, 11) is 0. The smallest absolute Gasteiger partial charge is 0.338 e. The first kappa shape index (κ1) is 26.3. The van der Waals surface area contributed by atoms with Crippen LogP contribution in [0.2, 0.25) is 5.02 Å². The molecule has 1 atom stereocenters. The zero-order valence-electron chi connectivity index (χ0n) is 20.2. The van der Waals surface area contributed by atoms with Gasteiger partial charge in [0.05, 0.1) is 25.1 Å². The normalized spacial score (nSPS) is 15.1. The predicted molar refractivity (Wildman–Crippen MR) is 146 cm³/mol. The first-order valence-corrected chi connectivity index (χ1v) is 12.6. The summed E-state index contributed by atoms with van der Waals surface area (Å²) in [5, 5.41) is 3.80. The molecule has 0 saturated carbocycles. The molecule has 37 heavy (non-hydrogen) atoms. The van der Waals surface area contributed by atoms with Crippen molar-refractivity contribution >= 4 is 52.4 Å². The van der Waals surface area contributed by atoms with Crippen LogP contribution in [0, 0.1) is 0 Å². The average molecular weight is 536 g/mol. The first-order valence-electron chi connectivity index (χ1n) is 11.8. The Morgan fingerprint density at radius 3 is 2.24 bits per heavy atom. The van der Waals surface area contributed by atoms with Gasteiger partial charge in [-0.3, -0.25) is 14.5 Å². The molecule has 0 radical (unpaired) electrons. The van der Waals surface area contributed by atoms with Gasteiger partial charge in [0, 0.05) is 17.3 Å². The fraction of sp³-hybridized carbons (Fsp3) is 0.214. The Balaban J connectivity index is 1.50. The molecule has 0 spiro atoms. The van der Waals surface area contributed by atoms with Crippen LogP contribution in [0.5, 0.6) is 0 Å². The van der Waals surface area contributed by atoms with Gasteiger partial charge in [-0.1, -0.05) is 54.1 Å². The van der Waals surface area contributed by atoms with Gasteiger partial charge in [0.25, 0.3) is 5.91 Å². The number of carbonyl (C=O) groups is 3. The minimum atomic E-state index is -0.759. The number of carbonyl (C=O) groups excluding carboxylic acids is 3. The monoisotopic (exact) mass is 535 g/mol. The summed E-state index contributed by atoms with van der Waals surface area (Å²) in [5.74, 6) is -0.995. The number of nitrogens with one attached hydrogen (secondary N) is 1. The van der Waals surface area contributed by atoms with Gasteiger partial charge >= 0.3 is 5.97 Å². The highest BCUT2D eigenvalue weighted by atomic mass is 35.5. The number of rotatable bonds is 9. The number of esters is 1. The second-order valence-corrected chi connectivity index (χ2v) is 9.31. The summed E-state index contributed by atoms with van der Waals surface area (Å²) in [6, 6.07) is 22.5. The summed E-state index contributed by atoms with van der Waals surface area (Å²) in [6.07, 6.45) is -0.0858. The lowest BCUT2D eigenvalue weighted by atomic mass is 10.1. The third kappa shape index (κ3) is 6.53. The number of hydrogen-bond acceptors (Lipinski definition) is 5. The molecular formula is C28H26ClN3O4S. The molecule has 1 aliphatic rings. The van der Waals surface area contributed by atoms with E-state index >= 15 is 0 Å². The van der Waals surface area contributed by atoms with Crippen LogP contribution in [0.25, 0.3) is 0 Å². The quantitative estimate of drug-likeness (QED) is 0.305. The minimum absolute atomic E-state index is 0.0858. The van der Waals surface area contributed by atoms with Gasteiger partial charge < -0.3 is 15.0 Å². The van der Waals surface area contributed by atoms with Gasteiger partial charge in [-0.25, -0.2) is 4.79 Å². The van der Waals surface area contributed by atoms with Crippen LogP contribution in [0.3, 0.4) is 0 Å². The maximum atomic E-state index is 13.5. The maximum absolute atomic E-state index is 13.5. The number of hydrogen-bond donors (Lipinski definition) is 1. The van der Waals surface area contributed by atoms with Crippen LogP contribution in [-0.4, -0.2) is 45.3 Å². The molecule has 1 heterocycles. The fourth-order valence-corrected chi connectivity index (χ4v) is 4.53. The van der Waals surface area contributed by atoms with E-state index in [4.69, 9.17) is 28.6 Å². The molecule has 3 aromatic rings.